The third kappa shape index (κ3) is 6.19. The summed E-state index contributed by atoms with van der Waals surface area (Å²) in [6.45, 7) is 10.4. The number of aromatic nitrogens is 2. The first-order chi connectivity index (χ1) is 12.7. The van der Waals surface area contributed by atoms with Gasteiger partial charge in [0.2, 0.25) is 0 Å². The van der Waals surface area contributed by atoms with E-state index in [0.717, 1.165) is 43.9 Å². The maximum Gasteiger partial charge on any atom is 0.573 e. The van der Waals surface area contributed by atoms with Crippen molar-refractivity contribution >= 4 is 5.82 Å². The third-order valence-corrected chi connectivity index (χ3v) is 4.60. The molecule has 0 saturated carbocycles. The Hall–Kier alpha value is -2.18. The van der Waals surface area contributed by atoms with Gasteiger partial charge in [-0.15, -0.1) is 13.2 Å². The molecule has 27 heavy (non-hydrogen) atoms. The van der Waals surface area contributed by atoms with Crippen molar-refractivity contribution in [1.29, 1.82) is 0 Å². The molecule has 0 N–H and O–H groups in total. The van der Waals surface area contributed by atoms with E-state index in [0.29, 0.717) is 11.6 Å². The minimum atomic E-state index is -4.69. The summed E-state index contributed by atoms with van der Waals surface area (Å²) < 4.78 is 42.6. The standard InChI is InChI=1S/C20H28F3N3O/c1-5-12-25(13-11-15(3)6-2)19-14-16(4)26(24-19)17-7-9-18(10-8-17)27-20(21,22)23/h7-10,14-15H,5-6,11-13H2,1-4H3. The second-order valence-corrected chi connectivity index (χ2v) is 6.89. The van der Waals surface area contributed by atoms with Crippen molar-refractivity contribution in [3.05, 3.63) is 36.0 Å². The first-order valence-electron chi connectivity index (χ1n) is 9.41. The van der Waals surface area contributed by atoms with Gasteiger partial charge in [0, 0.05) is 24.8 Å². The summed E-state index contributed by atoms with van der Waals surface area (Å²) >= 11 is 0. The highest BCUT2D eigenvalue weighted by atomic mass is 19.4. The molecule has 1 unspecified atom stereocenters. The highest BCUT2D eigenvalue weighted by Gasteiger charge is 2.31. The van der Waals surface area contributed by atoms with Crippen LogP contribution in [0, 0.1) is 12.8 Å². The SMILES string of the molecule is CCCN(CCC(C)CC)c1cc(C)n(-c2ccc(OC(F)(F)F)cc2)n1. The summed E-state index contributed by atoms with van der Waals surface area (Å²) in [5.74, 6) is 1.32. The Balaban J connectivity index is 2.18. The molecule has 0 amide bonds. The number of benzene rings is 1. The van der Waals surface area contributed by atoms with E-state index in [9.17, 15) is 13.2 Å². The maximum atomic E-state index is 12.3. The second kappa shape index (κ2) is 9.15. The Morgan fingerprint density at radius 3 is 2.37 bits per heavy atom. The molecule has 2 aromatic rings. The van der Waals surface area contributed by atoms with Crippen molar-refractivity contribution in [2.75, 3.05) is 18.0 Å². The van der Waals surface area contributed by atoms with E-state index in [1.54, 1.807) is 16.8 Å². The summed E-state index contributed by atoms with van der Waals surface area (Å²) in [7, 11) is 0. The zero-order chi connectivity index (χ0) is 20.0. The average Bonchev–Trinajstić information content (AvgIpc) is 2.99. The lowest BCUT2D eigenvalue weighted by molar-refractivity contribution is -0.274. The number of nitrogens with zero attached hydrogens (tertiary/aromatic N) is 3. The molecule has 0 bridgehead atoms. The van der Waals surface area contributed by atoms with E-state index < -0.39 is 6.36 Å². The lowest BCUT2D eigenvalue weighted by Crippen LogP contribution is -2.27. The Kier molecular flexibility index (Phi) is 7.16. The van der Waals surface area contributed by atoms with Crippen molar-refractivity contribution in [1.82, 2.24) is 9.78 Å². The Bertz CT molecular complexity index is 710. The van der Waals surface area contributed by atoms with Gasteiger partial charge >= 0.3 is 6.36 Å². The Labute approximate surface area is 158 Å². The lowest BCUT2D eigenvalue weighted by Gasteiger charge is -2.23. The molecule has 0 radical (unpaired) electrons. The van der Waals surface area contributed by atoms with Crippen molar-refractivity contribution in [2.45, 2.75) is 53.3 Å². The third-order valence-electron chi connectivity index (χ3n) is 4.60. The van der Waals surface area contributed by atoms with Crippen LogP contribution in [0.3, 0.4) is 0 Å². The molecular formula is C20H28F3N3O. The smallest absolute Gasteiger partial charge is 0.406 e. The number of hydrogen-bond donors (Lipinski definition) is 0. The fourth-order valence-corrected chi connectivity index (χ4v) is 2.85. The van der Waals surface area contributed by atoms with Crippen LogP contribution in [0.4, 0.5) is 19.0 Å². The molecule has 0 aliphatic heterocycles. The second-order valence-electron chi connectivity index (χ2n) is 6.89. The fourth-order valence-electron chi connectivity index (χ4n) is 2.85. The molecule has 7 heteroatoms. The Morgan fingerprint density at radius 1 is 1.15 bits per heavy atom. The van der Waals surface area contributed by atoms with Crippen molar-refractivity contribution in [2.24, 2.45) is 5.92 Å². The van der Waals surface area contributed by atoms with Crippen LogP contribution in [-0.4, -0.2) is 29.2 Å². The van der Waals surface area contributed by atoms with Gasteiger partial charge in [-0.05, 0) is 49.9 Å². The topological polar surface area (TPSA) is 30.3 Å². The molecule has 1 aromatic carbocycles. The molecule has 1 heterocycles. The van der Waals surface area contributed by atoms with Gasteiger partial charge in [-0.3, -0.25) is 0 Å². The normalized spacial score (nSPS) is 12.9. The number of rotatable bonds is 9. The summed E-state index contributed by atoms with van der Waals surface area (Å²) in [5, 5.41) is 4.69. The molecule has 0 saturated heterocycles. The van der Waals surface area contributed by atoms with Gasteiger partial charge < -0.3 is 9.64 Å². The van der Waals surface area contributed by atoms with Gasteiger partial charge in [0.1, 0.15) is 5.75 Å². The van der Waals surface area contributed by atoms with Crippen LogP contribution in [0.15, 0.2) is 30.3 Å². The quantitative estimate of drug-likeness (QED) is 0.554. The predicted molar refractivity (Wildman–Crippen MR) is 102 cm³/mol. The number of alkyl halides is 3. The molecule has 2 rings (SSSR count). The van der Waals surface area contributed by atoms with Gasteiger partial charge in [0.15, 0.2) is 5.82 Å². The highest BCUT2D eigenvalue weighted by Crippen LogP contribution is 2.25. The molecule has 4 nitrogen and oxygen atoms in total. The van der Waals surface area contributed by atoms with Crippen molar-refractivity contribution < 1.29 is 17.9 Å². The number of halogens is 3. The van der Waals surface area contributed by atoms with E-state index in [1.807, 2.05) is 13.0 Å². The van der Waals surface area contributed by atoms with E-state index in [1.165, 1.54) is 12.1 Å². The first kappa shape index (κ1) is 21.1. The summed E-state index contributed by atoms with van der Waals surface area (Å²) in [5.41, 5.74) is 1.63. The molecule has 0 aliphatic rings. The predicted octanol–water partition coefficient (Wildman–Crippen LogP) is 5.73. The van der Waals surface area contributed by atoms with Crippen molar-refractivity contribution in [3.63, 3.8) is 0 Å². The van der Waals surface area contributed by atoms with Crippen LogP contribution in [0.25, 0.3) is 5.69 Å². The molecule has 1 atom stereocenters. The minimum absolute atomic E-state index is 0.238. The van der Waals surface area contributed by atoms with Crippen LogP contribution in [-0.2, 0) is 0 Å². The summed E-state index contributed by atoms with van der Waals surface area (Å²) in [6, 6.07) is 7.78. The van der Waals surface area contributed by atoms with Gasteiger partial charge in [-0.25, -0.2) is 4.68 Å². The van der Waals surface area contributed by atoms with Crippen LogP contribution < -0.4 is 9.64 Å². The number of anilines is 1. The van der Waals surface area contributed by atoms with Crippen LogP contribution in [0.5, 0.6) is 5.75 Å². The number of hydrogen-bond acceptors (Lipinski definition) is 3. The monoisotopic (exact) mass is 383 g/mol. The number of aryl methyl sites for hydroxylation is 1. The van der Waals surface area contributed by atoms with Gasteiger partial charge in [0.25, 0.3) is 0 Å². The molecule has 1 aromatic heterocycles. The highest BCUT2D eigenvalue weighted by molar-refractivity contribution is 5.45. The minimum Gasteiger partial charge on any atom is -0.406 e. The lowest BCUT2D eigenvalue weighted by atomic mass is 10.1. The van der Waals surface area contributed by atoms with Crippen LogP contribution in [0.2, 0.25) is 0 Å². The maximum absolute atomic E-state index is 12.3. The summed E-state index contributed by atoms with van der Waals surface area (Å²) in [4.78, 5) is 2.27. The van der Waals surface area contributed by atoms with Gasteiger partial charge in [-0.2, -0.15) is 5.10 Å². The first-order valence-corrected chi connectivity index (χ1v) is 9.41. The fraction of sp³-hybridized carbons (Fsp3) is 0.550. The zero-order valence-corrected chi connectivity index (χ0v) is 16.4. The van der Waals surface area contributed by atoms with E-state index in [2.05, 4.69) is 35.5 Å². The molecule has 0 spiro atoms. The molecular weight excluding hydrogens is 355 g/mol. The molecule has 150 valence electrons. The largest absolute Gasteiger partial charge is 0.573 e. The van der Waals surface area contributed by atoms with Gasteiger partial charge in [-0.1, -0.05) is 27.2 Å². The van der Waals surface area contributed by atoms with Crippen LogP contribution >= 0.6 is 0 Å². The van der Waals surface area contributed by atoms with E-state index >= 15 is 0 Å². The molecule has 0 aliphatic carbocycles. The number of ether oxygens (including phenoxy) is 1. The Morgan fingerprint density at radius 2 is 1.81 bits per heavy atom. The van der Waals surface area contributed by atoms with Gasteiger partial charge in [0.05, 0.1) is 5.69 Å². The van der Waals surface area contributed by atoms with E-state index in [-0.39, 0.29) is 5.75 Å². The zero-order valence-electron chi connectivity index (χ0n) is 16.4. The van der Waals surface area contributed by atoms with E-state index in [4.69, 9.17) is 0 Å². The molecule has 0 fully saturated rings. The average molecular weight is 383 g/mol. The van der Waals surface area contributed by atoms with Crippen molar-refractivity contribution in [3.8, 4) is 11.4 Å². The van der Waals surface area contributed by atoms with Crippen LogP contribution in [0.1, 0.15) is 45.7 Å². The summed E-state index contributed by atoms with van der Waals surface area (Å²) in [6.07, 6.45) is -1.41.